The summed E-state index contributed by atoms with van der Waals surface area (Å²) in [6.45, 7) is 2.74. The molecular formula is C12H21N3O2. The molecule has 17 heavy (non-hydrogen) atoms. The molecule has 0 saturated carbocycles. The van der Waals surface area contributed by atoms with Crippen molar-refractivity contribution in [2.45, 2.75) is 38.8 Å². The maximum Gasteiger partial charge on any atom is 0.322 e. The molecule has 1 N–H and O–H groups in total. The molecule has 0 aliphatic rings. The van der Waals surface area contributed by atoms with Crippen molar-refractivity contribution in [3.05, 3.63) is 18.0 Å². The molecule has 1 unspecified atom stereocenters. The first-order valence-electron chi connectivity index (χ1n) is 5.96. The van der Waals surface area contributed by atoms with Crippen LogP contribution in [0.5, 0.6) is 0 Å². The van der Waals surface area contributed by atoms with Gasteiger partial charge in [-0.1, -0.05) is 19.8 Å². The molecule has 1 aromatic heterocycles. The average Bonchev–Trinajstić information content (AvgIpc) is 2.74. The number of hydrogen-bond donors (Lipinski definition) is 1. The number of rotatable bonds is 7. The topological polar surface area (TPSA) is 56.2 Å². The highest BCUT2D eigenvalue weighted by atomic mass is 16.5. The first kappa shape index (κ1) is 13.7. The predicted octanol–water partition coefficient (Wildman–Crippen LogP) is 1.24. The number of nitrogens with zero attached hydrogens (tertiary/aromatic N) is 2. The summed E-state index contributed by atoms with van der Waals surface area (Å²) < 4.78 is 6.53. The Labute approximate surface area is 102 Å². The lowest BCUT2D eigenvalue weighted by Gasteiger charge is -2.15. The Morgan fingerprint density at radius 3 is 2.94 bits per heavy atom. The number of esters is 1. The highest BCUT2D eigenvalue weighted by Crippen LogP contribution is 2.04. The first-order valence-corrected chi connectivity index (χ1v) is 5.96. The van der Waals surface area contributed by atoms with E-state index in [0.717, 1.165) is 24.8 Å². The van der Waals surface area contributed by atoms with Gasteiger partial charge in [0.25, 0.3) is 0 Å². The lowest BCUT2D eigenvalue weighted by Crippen LogP contribution is -2.37. The fourth-order valence-corrected chi connectivity index (χ4v) is 1.66. The van der Waals surface area contributed by atoms with Crippen molar-refractivity contribution in [2.75, 3.05) is 7.11 Å². The standard InChI is InChI=1S/C12H21N3O2/c1-4-5-6-11(12(16)17-3)13-7-10-8-14-15(2)9-10/h8-9,11,13H,4-7H2,1-3H3. The number of carbonyl (C=O) groups excluding carboxylic acids is 1. The third-order valence-corrected chi connectivity index (χ3v) is 2.64. The Kier molecular flexibility index (Phi) is 5.69. The molecule has 0 radical (unpaired) electrons. The monoisotopic (exact) mass is 239 g/mol. The highest BCUT2D eigenvalue weighted by Gasteiger charge is 2.17. The largest absolute Gasteiger partial charge is 0.468 e. The molecule has 1 rings (SSSR count). The van der Waals surface area contributed by atoms with Gasteiger partial charge in [-0.2, -0.15) is 5.10 Å². The van der Waals surface area contributed by atoms with Crippen LogP contribution in [0.15, 0.2) is 12.4 Å². The van der Waals surface area contributed by atoms with Crippen LogP contribution >= 0.6 is 0 Å². The van der Waals surface area contributed by atoms with Crippen LogP contribution in [0.2, 0.25) is 0 Å². The zero-order valence-electron chi connectivity index (χ0n) is 10.8. The van der Waals surface area contributed by atoms with Gasteiger partial charge in [-0.05, 0) is 6.42 Å². The smallest absolute Gasteiger partial charge is 0.322 e. The predicted molar refractivity (Wildman–Crippen MR) is 65.4 cm³/mol. The van der Waals surface area contributed by atoms with Gasteiger partial charge in [0.1, 0.15) is 6.04 Å². The Morgan fingerprint density at radius 2 is 2.41 bits per heavy atom. The second kappa shape index (κ2) is 7.06. The van der Waals surface area contributed by atoms with Crippen molar-refractivity contribution >= 4 is 5.97 Å². The molecular weight excluding hydrogens is 218 g/mol. The summed E-state index contributed by atoms with van der Waals surface area (Å²) in [5.41, 5.74) is 1.07. The number of ether oxygens (including phenoxy) is 1. The molecule has 0 aliphatic carbocycles. The molecule has 5 nitrogen and oxygen atoms in total. The Bertz CT molecular complexity index is 349. The maximum absolute atomic E-state index is 11.5. The van der Waals surface area contributed by atoms with Gasteiger partial charge >= 0.3 is 5.97 Å². The second-order valence-electron chi connectivity index (χ2n) is 4.12. The molecule has 1 atom stereocenters. The van der Waals surface area contributed by atoms with Crippen molar-refractivity contribution in [3.8, 4) is 0 Å². The summed E-state index contributed by atoms with van der Waals surface area (Å²) in [5.74, 6) is -0.192. The Hall–Kier alpha value is -1.36. The zero-order chi connectivity index (χ0) is 12.7. The van der Waals surface area contributed by atoms with Crippen molar-refractivity contribution in [1.82, 2.24) is 15.1 Å². The molecule has 1 heterocycles. The summed E-state index contributed by atoms with van der Waals surface area (Å²) in [6, 6.07) is -0.222. The number of hydrogen-bond acceptors (Lipinski definition) is 4. The molecule has 0 aliphatic heterocycles. The maximum atomic E-state index is 11.5. The fourth-order valence-electron chi connectivity index (χ4n) is 1.66. The minimum atomic E-state index is -0.222. The molecule has 5 heteroatoms. The van der Waals surface area contributed by atoms with E-state index in [0.29, 0.717) is 6.54 Å². The van der Waals surface area contributed by atoms with Crippen molar-refractivity contribution in [3.63, 3.8) is 0 Å². The van der Waals surface area contributed by atoms with E-state index in [2.05, 4.69) is 17.3 Å². The van der Waals surface area contributed by atoms with Crippen LogP contribution in [-0.4, -0.2) is 28.9 Å². The lowest BCUT2D eigenvalue weighted by molar-refractivity contribution is -0.143. The summed E-state index contributed by atoms with van der Waals surface area (Å²) in [4.78, 5) is 11.5. The van der Waals surface area contributed by atoms with E-state index in [1.807, 2.05) is 13.2 Å². The fraction of sp³-hybridized carbons (Fsp3) is 0.667. The molecule has 0 spiro atoms. The van der Waals surface area contributed by atoms with E-state index < -0.39 is 0 Å². The van der Waals surface area contributed by atoms with Gasteiger partial charge in [-0.3, -0.25) is 9.48 Å². The number of aryl methyl sites for hydroxylation is 1. The molecule has 0 aromatic carbocycles. The average molecular weight is 239 g/mol. The summed E-state index contributed by atoms with van der Waals surface area (Å²) in [5, 5.41) is 7.29. The molecule has 1 aromatic rings. The van der Waals surface area contributed by atoms with E-state index in [4.69, 9.17) is 4.74 Å². The first-order chi connectivity index (χ1) is 8.17. The van der Waals surface area contributed by atoms with Gasteiger partial charge in [-0.25, -0.2) is 0 Å². The van der Waals surface area contributed by atoms with Gasteiger partial charge in [0.2, 0.25) is 0 Å². The molecule has 0 amide bonds. The van der Waals surface area contributed by atoms with E-state index in [9.17, 15) is 4.79 Å². The Balaban J connectivity index is 2.45. The lowest BCUT2D eigenvalue weighted by atomic mass is 10.1. The summed E-state index contributed by atoms with van der Waals surface area (Å²) >= 11 is 0. The van der Waals surface area contributed by atoms with Crippen LogP contribution in [0, 0.1) is 0 Å². The summed E-state index contributed by atoms with van der Waals surface area (Å²) in [7, 11) is 3.30. The van der Waals surface area contributed by atoms with Crippen molar-refractivity contribution in [2.24, 2.45) is 7.05 Å². The minimum Gasteiger partial charge on any atom is -0.468 e. The van der Waals surface area contributed by atoms with Crippen LogP contribution in [0.4, 0.5) is 0 Å². The van der Waals surface area contributed by atoms with Gasteiger partial charge in [0, 0.05) is 25.4 Å². The van der Waals surface area contributed by atoms with Crippen molar-refractivity contribution < 1.29 is 9.53 Å². The van der Waals surface area contributed by atoms with Crippen LogP contribution in [0.25, 0.3) is 0 Å². The number of carbonyl (C=O) groups is 1. The van der Waals surface area contributed by atoms with E-state index in [1.54, 1.807) is 10.9 Å². The van der Waals surface area contributed by atoms with Gasteiger partial charge in [0.05, 0.1) is 13.3 Å². The molecule has 0 bridgehead atoms. The highest BCUT2D eigenvalue weighted by molar-refractivity contribution is 5.75. The van der Waals surface area contributed by atoms with Gasteiger partial charge in [0.15, 0.2) is 0 Å². The van der Waals surface area contributed by atoms with Crippen LogP contribution in [0.1, 0.15) is 31.7 Å². The molecule has 0 fully saturated rings. The second-order valence-corrected chi connectivity index (χ2v) is 4.12. The zero-order valence-corrected chi connectivity index (χ0v) is 10.8. The van der Waals surface area contributed by atoms with Crippen molar-refractivity contribution in [1.29, 1.82) is 0 Å². The molecule has 0 saturated heterocycles. The van der Waals surface area contributed by atoms with Gasteiger partial charge < -0.3 is 10.1 Å². The van der Waals surface area contributed by atoms with E-state index in [1.165, 1.54) is 7.11 Å². The normalized spacial score (nSPS) is 12.4. The minimum absolute atomic E-state index is 0.192. The molecule has 96 valence electrons. The van der Waals surface area contributed by atoms with Crippen LogP contribution < -0.4 is 5.32 Å². The number of aromatic nitrogens is 2. The number of nitrogens with one attached hydrogen (secondary N) is 1. The van der Waals surface area contributed by atoms with Crippen LogP contribution in [0.3, 0.4) is 0 Å². The summed E-state index contributed by atoms with van der Waals surface area (Å²) in [6.07, 6.45) is 6.62. The quantitative estimate of drug-likeness (QED) is 0.727. The third kappa shape index (κ3) is 4.56. The Morgan fingerprint density at radius 1 is 1.65 bits per heavy atom. The van der Waals surface area contributed by atoms with Crippen LogP contribution in [-0.2, 0) is 23.1 Å². The van der Waals surface area contributed by atoms with E-state index >= 15 is 0 Å². The SMILES string of the molecule is CCCCC(NCc1cnn(C)c1)C(=O)OC. The van der Waals surface area contributed by atoms with E-state index in [-0.39, 0.29) is 12.0 Å². The van der Waals surface area contributed by atoms with Gasteiger partial charge in [-0.15, -0.1) is 0 Å². The number of unbranched alkanes of at least 4 members (excludes halogenated alkanes) is 1. The third-order valence-electron chi connectivity index (χ3n) is 2.64. The number of methoxy groups -OCH3 is 1.